The number of carbonyl (C=O) groups is 5. The summed E-state index contributed by atoms with van der Waals surface area (Å²) in [4.78, 5) is 97.9. The van der Waals surface area contributed by atoms with E-state index in [0.717, 1.165) is 14.4 Å². The minimum Gasteiger partial charge on any atom is -0.480 e. The number of H-pyrrole nitrogens is 1. The van der Waals surface area contributed by atoms with Crippen molar-refractivity contribution < 1.29 is 44.4 Å². The lowest BCUT2D eigenvalue weighted by atomic mass is 10.0. The first-order valence-electron chi connectivity index (χ1n) is 15.4. The number of pyridine rings is 1. The van der Waals surface area contributed by atoms with E-state index in [9.17, 15) is 54.0 Å². The number of carbonyl (C=O) groups excluding carboxylic acids is 1. The lowest BCUT2D eigenvalue weighted by molar-refractivity contribution is -0.144. The number of amides is 1. The number of aryl methyl sites for hydroxylation is 1. The van der Waals surface area contributed by atoms with Crippen LogP contribution in [0.2, 0.25) is 0 Å². The van der Waals surface area contributed by atoms with E-state index in [1.165, 1.54) is 18.7 Å². The molecule has 0 aliphatic carbocycles. The summed E-state index contributed by atoms with van der Waals surface area (Å²) < 4.78 is 2.15. The normalized spacial score (nSPS) is 11.9. The molecule has 1 amide bonds. The van der Waals surface area contributed by atoms with E-state index in [1.807, 2.05) is 0 Å². The average Bonchev–Trinajstić information content (AvgIpc) is 3.47. The van der Waals surface area contributed by atoms with Crippen LogP contribution in [0.25, 0.3) is 22.3 Å². The van der Waals surface area contributed by atoms with Crippen LogP contribution in [0.5, 0.6) is 0 Å². The summed E-state index contributed by atoms with van der Waals surface area (Å²) in [5.74, 6) is -6.09. The third-order valence-corrected chi connectivity index (χ3v) is 7.79. The lowest BCUT2D eigenvalue weighted by Gasteiger charge is -2.21. The van der Waals surface area contributed by atoms with Crippen molar-refractivity contribution >= 4 is 46.6 Å². The van der Waals surface area contributed by atoms with Gasteiger partial charge >= 0.3 is 29.6 Å². The minimum atomic E-state index is -1.26. The van der Waals surface area contributed by atoms with E-state index in [0.29, 0.717) is 23.2 Å². The lowest BCUT2D eigenvalue weighted by Crippen LogP contribution is -2.36. The van der Waals surface area contributed by atoms with Crippen LogP contribution >= 0.6 is 0 Å². The maximum Gasteiger partial charge on any atom is 0.332 e. The molecule has 0 saturated heterocycles. The van der Waals surface area contributed by atoms with Gasteiger partial charge in [0.25, 0.3) is 5.56 Å². The summed E-state index contributed by atoms with van der Waals surface area (Å²) in [5.41, 5.74) is 1.07. The summed E-state index contributed by atoms with van der Waals surface area (Å²) in [6.45, 7) is -1.06. The van der Waals surface area contributed by atoms with Gasteiger partial charge in [-0.1, -0.05) is 19.1 Å². The number of aliphatic carboxylic acids is 4. The first-order valence-corrected chi connectivity index (χ1v) is 15.4. The van der Waals surface area contributed by atoms with Crippen LogP contribution in [0, 0.1) is 0 Å². The molecule has 3 heterocycles. The number of fused-ring (bicyclic) bond motifs is 1. The highest BCUT2D eigenvalue weighted by Crippen LogP contribution is 2.26. The first kappa shape index (κ1) is 37.6. The summed E-state index contributed by atoms with van der Waals surface area (Å²) in [6.07, 6.45) is 0.308. The predicted molar refractivity (Wildman–Crippen MR) is 179 cm³/mol. The molecule has 0 aliphatic rings. The Hall–Kier alpha value is -6.21. The van der Waals surface area contributed by atoms with Crippen LogP contribution in [-0.2, 0) is 51.2 Å². The first-order chi connectivity index (χ1) is 24.1. The standard InChI is InChI=1S/C32H36N8O11/c1-4-22(28-35-27-29(36-28)37(2)32(51)38(3)31(27)50)30(49)34-19-7-5-17(6-8-19)18-9-20(11-39(13-23(41)42)14-24(43)44)33-21(10-18)12-40(15-25(45)46)16-26(47)48/h5-10,22H,4,11-16H2,1-3H3,(H,34,49)(H,35,36)(H,41,42)(H,43,44)(H,45,46)(H,47,48). The quantitative estimate of drug-likeness (QED) is 0.0849. The molecule has 1 aromatic carbocycles. The second-order valence-electron chi connectivity index (χ2n) is 11.8. The van der Waals surface area contributed by atoms with Gasteiger partial charge in [-0.25, -0.2) is 9.78 Å². The number of hydrogen-bond donors (Lipinski definition) is 6. The minimum absolute atomic E-state index is 0.0874. The zero-order valence-corrected chi connectivity index (χ0v) is 27.8. The molecule has 1 atom stereocenters. The van der Waals surface area contributed by atoms with Crippen molar-refractivity contribution in [3.63, 3.8) is 0 Å². The summed E-state index contributed by atoms with van der Waals surface area (Å²) in [6, 6.07) is 9.75. The number of nitrogens with one attached hydrogen (secondary N) is 2. The zero-order valence-electron chi connectivity index (χ0n) is 27.8. The molecule has 3 aromatic heterocycles. The molecule has 6 N–H and O–H groups in total. The van der Waals surface area contributed by atoms with Crippen LogP contribution in [0.4, 0.5) is 5.69 Å². The molecule has 4 rings (SSSR count). The van der Waals surface area contributed by atoms with Crippen LogP contribution in [0.15, 0.2) is 46.0 Å². The molecule has 0 fully saturated rings. The SMILES string of the molecule is CCC(C(=O)Nc1ccc(-c2cc(CN(CC(=O)O)CC(=O)O)nc(CN(CC(=O)O)CC(=O)O)c2)cc1)c1nc2c([nH]1)c(=O)n(C)c(=O)n2C. The van der Waals surface area contributed by atoms with Crippen LogP contribution in [0.3, 0.4) is 0 Å². The number of carboxylic acid groups (broad SMARTS) is 4. The van der Waals surface area contributed by atoms with E-state index in [4.69, 9.17) is 0 Å². The van der Waals surface area contributed by atoms with E-state index in [-0.39, 0.29) is 41.5 Å². The number of imidazole rings is 1. The highest BCUT2D eigenvalue weighted by molar-refractivity contribution is 5.96. The number of benzene rings is 1. The molecule has 0 saturated carbocycles. The number of aromatic nitrogens is 5. The van der Waals surface area contributed by atoms with Crippen molar-refractivity contribution in [1.29, 1.82) is 0 Å². The third kappa shape index (κ3) is 9.49. The molecule has 19 nitrogen and oxygen atoms in total. The molecule has 0 aliphatic heterocycles. The fourth-order valence-corrected chi connectivity index (χ4v) is 5.52. The van der Waals surface area contributed by atoms with Crippen LogP contribution < -0.4 is 16.6 Å². The molecule has 51 heavy (non-hydrogen) atoms. The molecule has 1 unspecified atom stereocenters. The largest absolute Gasteiger partial charge is 0.480 e. The molecular weight excluding hydrogens is 672 g/mol. The zero-order chi connectivity index (χ0) is 37.6. The Morgan fingerprint density at radius 3 is 1.71 bits per heavy atom. The number of rotatable bonds is 17. The maximum atomic E-state index is 13.4. The van der Waals surface area contributed by atoms with E-state index in [2.05, 4.69) is 20.3 Å². The highest BCUT2D eigenvalue weighted by atomic mass is 16.4. The van der Waals surface area contributed by atoms with Gasteiger partial charge in [0.2, 0.25) is 5.91 Å². The Bertz CT molecular complexity index is 2010. The van der Waals surface area contributed by atoms with Crippen molar-refractivity contribution in [3.05, 3.63) is 74.4 Å². The van der Waals surface area contributed by atoms with Gasteiger partial charge in [0.1, 0.15) is 11.3 Å². The molecule has 4 aromatic rings. The predicted octanol–water partition coefficient (Wildman–Crippen LogP) is 0.0970. The fraction of sp³-hybridized carbons (Fsp3) is 0.344. The number of hydrogen-bond acceptors (Lipinski definition) is 11. The van der Waals surface area contributed by atoms with Gasteiger partial charge in [0.15, 0.2) is 5.65 Å². The van der Waals surface area contributed by atoms with E-state index in [1.54, 1.807) is 43.3 Å². The molecular formula is C32H36N8O11. The van der Waals surface area contributed by atoms with E-state index >= 15 is 0 Å². The Morgan fingerprint density at radius 1 is 0.765 bits per heavy atom. The van der Waals surface area contributed by atoms with Gasteiger partial charge in [-0.05, 0) is 41.8 Å². The van der Waals surface area contributed by atoms with Gasteiger partial charge in [0, 0.05) is 32.9 Å². The molecule has 19 heteroatoms. The number of anilines is 1. The maximum absolute atomic E-state index is 13.4. The molecule has 270 valence electrons. The van der Waals surface area contributed by atoms with Crippen molar-refractivity contribution in [1.82, 2.24) is 33.9 Å². The van der Waals surface area contributed by atoms with Gasteiger partial charge in [-0.2, -0.15) is 0 Å². The van der Waals surface area contributed by atoms with Gasteiger partial charge in [0.05, 0.1) is 43.5 Å². The number of aromatic amines is 1. The Kier molecular flexibility index (Phi) is 11.8. The van der Waals surface area contributed by atoms with Crippen molar-refractivity contribution in [2.45, 2.75) is 32.4 Å². The fourth-order valence-electron chi connectivity index (χ4n) is 5.52. The van der Waals surface area contributed by atoms with Gasteiger partial charge in [-0.3, -0.25) is 52.7 Å². The van der Waals surface area contributed by atoms with E-state index < -0.39 is 73.1 Å². The summed E-state index contributed by atoms with van der Waals surface area (Å²) >= 11 is 0. The average molecular weight is 709 g/mol. The number of carboxylic acids is 4. The summed E-state index contributed by atoms with van der Waals surface area (Å²) in [5, 5.41) is 40.0. The van der Waals surface area contributed by atoms with Crippen LogP contribution in [-0.4, -0.2) is 110 Å². The second-order valence-corrected chi connectivity index (χ2v) is 11.8. The molecule has 0 radical (unpaired) electrons. The number of nitrogens with zero attached hydrogens (tertiary/aromatic N) is 6. The molecule has 0 bridgehead atoms. The van der Waals surface area contributed by atoms with Crippen molar-refractivity contribution in [3.8, 4) is 11.1 Å². The van der Waals surface area contributed by atoms with Crippen molar-refractivity contribution in [2.24, 2.45) is 14.1 Å². The highest BCUT2D eigenvalue weighted by Gasteiger charge is 2.25. The van der Waals surface area contributed by atoms with Crippen LogP contribution in [0.1, 0.15) is 36.5 Å². The second kappa shape index (κ2) is 16.0. The third-order valence-electron chi connectivity index (χ3n) is 7.79. The Labute approximate surface area is 288 Å². The smallest absolute Gasteiger partial charge is 0.332 e. The summed E-state index contributed by atoms with van der Waals surface area (Å²) in [7, 11) is 2.81. The Morgan fingerprint density at radius 2 is 1.25 bits per heavy atom. The topological polar surface area (TPSA) is 270 Å². The van der Waals surface area contributed by atoms with Gasteiger partial charge < -0.3 is 30.7 Å². The monoisotopic (exact) mass is 708 g/mol. The van der Waals surface area contributed by atoms with Gasteiger partial charge in [-0.15, -0.1) is 0 Å². The molecule has 0 spiro atoms. The Balaban J connectivity index is 1.63. The van der Waals surface area contributed by atoms with Crippen molar-refractivity contribution in [2.75, 3.05) is 31.5 Å².